The maximum absolute atomic E-state index is 12.1. The Morgan fingerprint density at radius 2 is 2.16 bits per heavy atom. The van der Waals surface area contributed by atoms with Crippen molar-refractivity contribution in [1.82, 2.24) is 25.4 Å². The van der Waals surface area contributed by atoms with Crippen LogP contribution in [-0.4, -0.2) is 40.3 Å². The summed E-state index contributed by atoms with van der Waals surface area (Å²) in [6.07, 6.45) is 3.84. The van der Waals surface area contributed by atoms with Crippen molar-refractivity contribution in [2.75, 3.05) is 19.6 Å². The number of aromatic nitrogens is 3. The maximum atomic E-state index is 12.1. The molecule has 1 unspecified atom stereocenters. The molecule has 1 aliphatic heterocycles. The van der Waals surface area contributed by atoms with Crippen molar-refractivity contribution in [1.29, 1.82) is 0 Å². The number of nitrogens with one attached hydrogen (secondary N) is 2. The van der Waals surface area contributed by atoms with E-state index in [9.17, 15) is 4.79 Å². The van der Waals surface area contributed by atoms with E-state index < -0.39 is 0 Å². The fourth-order valence-corrected chi connectivity index (χ4v) is 2.96. The molecule has 1 amide bonds. The number of carbonyl (C=O) groups excluding carboxylic acids is 1. The third kappa shape index (κ3) is 5.42. The van der Waals surface area contributed by atoms with Gasteiger partial charge in [0.1, 0.15) is 0 Å². The van der Waals surface area contributed by atoms with Crippen LogP contribution in [0.1, 0.15) is 34.6 Å². The average molecular weight is 386 g/mol. The molecule has 2 aromatic rings. The summed E-state index contributed by atoms with van der Waals surface area (Å²) in [4.78, 5) is 16.5. The molecular weight excluding hydrogens is 361 g/mol. The van der Waals surface area contributed by atoms with Crippen LogP contribution in [0, 0.1) is 19.8 Å². The van der Waals surface area contributed by atoms with Gasteiger partial charge in [0.05, 0.1) is 11.3 Å². The average Bonchev–Trinajstić information content (AvgIpc) is 3.17. The fraction of sp³-hybridized carbons (Fsp3) is 0.471. The van der Waals surface area contributed by atoms with Crippen LogP contribution in [-0.2, 0) is 0 Å². The largest absolute Gasteiger partial charge is 0.352 e. The molecule has 0 aliphatic carbocycles. The zero-order chi connectivity index (χ0) is 16.2. The molecule has 138 valence electrons. The zero-order valence-electron chi connectivity index (χ0n) is 14.5. The van der Waals surface area contributed by atoms with Crippen molar-refractivity contribution < 1.29 is 4.79 Å². The lowest BCUT2D eigenvalue weighted by Crippen LogP contribution is -2.26. The number of aryl methyl sites for hydroxylation is 2. The second-order valence-corrected chi connectivity index (χ2v) is 6.15. The van der Waals surface area contributed by atoms with Gasteiger partial charge in [-0.3, -0.25) is 4.79 Å². The minimum Gasteiger partial charge on any atom is -0.352 e. The van der Waals surface area contributed by atoms with Crippen LogP contribution in [0.15, 0.2) is 24.4 Å². The number of nitrogens with zero attached hydrogens (tertiary/aromatic N) is 3. The molecule has 6 nitrogen and oxygen atoms in total. The van der Waals surface area contributed by atoms with E-state index in [1.54, 1.807) is 16.9 Å². The van der Waals surface area contributed by atoms with Gasteiger partial charge in [-0.05, 0) is 63.9 Å². The third-order valence-corrected chi connectivity index (χ3v) is 4.24. The van der Waals surface area contributed by atoms with Crippen molar-refractivity contribution >= 4 is 30.7 Å². The smallest absolute Gasteiger partial charge is 0.252 e. The van der Waals surface area contributed by atoms with Crippen molar-refractivity contribution in [3.05, 3.63) is 41.3 Å². The van der Waals surface area contributed by atoms with E-state index in [1.807, 2.05) is 26.0 Å². The third-order valence-electron chi connectivity index (χ3n) is 4.24. The lowest BCUT2D eigenvalue weighted by molar-refractivity contribution is 0.0951. The summed E-state index contributed by atoms with van der Waals surface area (Å²) in [5.74, 6) is 1.34. The van der Waals surface area contributed by atoms with Gasteiger partial charge in [0.15, 0.2) is 5.82 Å². The van der Waals surface area contributed by atoms with Crippen LogP contribution >= 0.6 is 24.8 Å². The number of hydrogen-bond donors (Lipinski definition) is 2. The molecule has 0 radical (unpaired) electrons. The first-order valence-corrected chi connectivity index (χ1v) is 8.12. The highest BCUT2D eigenvalue weighted by Crippen LogP contribution is 2.12. The van der Waals surface area contributed by atoms with E-state index >= 15 is 0 Å². The predicted octanol–water partition coefficient (Wildman–Crippen LogP) is 2.46. The molecular formula is C17H25Cl2N5O. The Labute approximate surface area is 160 Å². The van der Waals surface area contributed by atoms with E-state index in [0.29, 0.717) is 18.0 Å². The minimum atomic E-state index is -0.0663. The molecule has 8 heteroatoms. The van der Waals surface area contributed by atoms with Gasteiger partial charge in [0.2, 0.25) is 0 Å². The number of hydrogen-bond acceptors (Lipinski definition) is 4. The first kappa shape index (κ1) is 21.4. The van der Waals surface area contributed by atoms with Crippen LogP contribution in [0.25, 0.3) is 5.82 Å². The number of carbonyl (C=O) groups is 1. The zero-order valence-corrected chi connectivity index (χ0v) is 16.1. The van der Waals surface area contributed by atoms with Crippen LogP contribution < -0.4 is 10.6 Å². The van der Waals surface area contributed by atoms with Crippen molar-refractivity contribution in [2.24, 2.45) is 5.92 Å². The van der Waals surface area contributed by atoms with E-state index in [2.05, 4.69) is 20.7 Å². The lowest BCUT2D eigenvalue weighted by Gasteiger charge is -2.09. The second-order valence-electron chi connectivity index (χ2n) is 6.15. The molecule has 1 saturated heterocycles. The summed E-state index contributed by atoms with van der Waals surface area (Å²) < 4.78 is 1.78. The van der Waals surface area contributed by atoms with E-state index in [-0.39, 0.29) is 30.7 Å². The number of amides is 1. The summed E-state index contributed by atoms with van der Waals surface area (Å²) in [5, 5.41) is 10.7. The molecule has 1 aliphatic rings. The lowest BCUT2D eigenvalue weighted by atomic mass is 10.1. The normalized spacial score (nSPS) is 16.0. The van der Waals surface area contributed by atoms with Gasteiger partial charge in [-0.25, -0.2) is 9.67 Å². The summed E-state index contributed by atoms with van der Waals surface area (Å²) in [5.41, 5.74) is 2.56. The highest BCUT2D eigenvalue weighted by molar-refractivity contribution is 5.93. The van der Waals surface area contributed by atoms with Gasteiger partial charge in [-0.15, -0.1) is 24.8 Å². The van der Waals surface area contributed by atoms with Gasteiger partial charge in [-0.1, -0.05) is 0 Å². The molecule has 25 heavy (non-hydrogen) atoms. The molecule has 0 aromatic carbocycles. The summed E-state index contributed by atoms with van der Waals surface area (Å²) >= 11 is 0. The molecule has 1 fully saturated rings. The Kier molecular flexibility index (Phi) is 8.35. The molecule has 0 spiro atoms. The highest BCUT2D eigenvalue weighted by Gasteiger charge is 2.14. The number of halogens is 2. The number of pyridine rings is 1. The number of rotatable bonds is 5. The maximum Gasteiger partial charge on any atom is 0.252 e. The molecule has 2 aromatic heterocycles. The van der Waals surface area contributed by atoms with Crippen molar-refractivity contribution in [3.63, 3.8) is 0 Å². The van der Waals surface area contributed by atoms with Gasteiger partial charge in [-0.2, -0.15) is 5.10 Å². The van der Waals surface area contributed by atoms with Crippen LogP contribution in [0.4, 0.5) is 0 Å². The first-order valence-electron chi connectivity index (χ1n) is 8.12. The van der Waals surface area contributed by atoms with E-state index in [0.717, 1.165) is 36.7 Å². The Bertz CT molecular complexity index is 681. The summed E-state index contributed by atoms with van der Waals surface area (Å²) in [6, 6.07) is 5.63. The summed E-state index contributed by atoms with van der Waals surface area (Å²) in [7, 11) is 0. The molecule has 1 atom stereocenters. The van der Waals surface area contributed by atoms with Crippen molar-refractivity contribution in [2.45, 2.75) is 26.7 Å². The highest BCUT2D eigenvalue weighted by atomic mass is 35.5. The molecule has 3 rings (SSSR count). The van der Waals surface area contributed by atoms with Crippen LogP contribution in [0.3, 0.4) is 0 Å². The Balaban J connectivity index is 0.00000156. The van der Waals surface area contributed by atoms with Gasteiger partial charge < -0.3 is 10.6 Å². The molecule has 3 heterocycles. The molecule has 2 N–H and O–H groups in total. The van der Waals surface area contributed by atoms with Crippen molar-refractivity contribution in [3.8, 4) is 5.82 Å². The minimum absolute atomic E-state index is 0. The Morgan fingerprint density at radius 1 is 1.36 bits per heavy atom. The summed E-state index contributed by atoms with van der Waals surface area (Å²) in [6.45, 7) is 6.81. The van der Waals surface area contributed by atoms with Gasteiger partial charge in [0, 0.05) is 18.4 Å². The van der Waals surface area contributed by atoms with Gasteiger partial charge in [0.25, 0.3) is 5.91 Å². The van der Waals surface area contributed by atoms with E-state index in [1.165, 1.54) is 6.42 Å². The van der Waals surface area contributed by atoms with Crippen LogP contribution in [0.2, 0.25) is 0 Å². The fourth-order valence-electron chi connectivity index (χ4n) is 2.96. The quantitative estimate of drug-likeness (QED) is 0.828. The molecule has 0 saturated carbocycles. The Hall–Kier alpha value is -1.63. The standard InChI is InChI=1S/C17H23N5O.2ClH/c1-12-9-13(2)22(21-12)16-4-3-15(11-20-16)17(23)19-8-6-14-5-7-18-10-14;;/h3-4,9,11,14,18H,5-8,10H2,1-2H3,(H,19,23);2*1H. The monoisotopic (exact) mass is 385 g/mol. The van der Waals surface area contributed by atoms with Gasteiger partial charge >= 0.3 is 0 Å². The Morgan fingerprint density at radius 3 is 2.72 bits per heavy atom. The first-order chi connectivity index (χ1) is 11.1. The van der Waals surface area contributed by atoms with Crippen LogP contribution in [0.5, 0.6) is 0 Å². The predicted molar refractivity (Wildman–Crippen MR) is 103 cm³/mol. The molecule has 0 bridgehead atoms. The SMILES string of the molecule is Cc1cc(C)n(-c2ccc(C(=O)NCCC3CCNC3)cn2)n1.Cl.Cl. The second kappa shape index (κ2) is 9.75. The topological polar surface area (TPSA) is 71.8 Å². The van der Waals surface area contributed by atoms with E-state index in [4.69, 9.17) is 0 Å².